The molecule has 0 saturated carbocycles. The Bertz CT molecular complexity index is 434. The van der Waals surface area contributed by atoms with Gasteiger partial charge in [0.25, 0.3) is 5.91 Å². The van der Waals surface area contributed by atoms with Gasteiger partial charge in [-0.3, -0.25) is 4.79 Å². The average Bonchev–Trinajstić information content (AvgIpc) is 2.21. The van der Waals surface area contributed by atoms with Crippen molar-refractivity contribution in [1.29, 1.82) is 0 Å². The molecule has 0 bridgehead atoms. The summed E-state index contributed by atoms with van der Waals surface area (Å²) in [6, 6.07) is 4.30. The van der Waals surface area contributed by atoms with Crippen molar-refractivity contribution in [3.05, 3.63) is 28.8 Å². The third-order valence-electron chi connectivity index (χ3n) is 1.92. The fourth-order valence-electron chi connectivity index (χ4n) is 0.941. The van der Waals surface area contributed by atoms with E-state index in [9.17, 15) is 9.59 Å². The maximum atomic E-state index is 11.5. The van der Waals surface area contributed by atoms with Gasteiger partial charge in [0.2, 0.25) is 0 Å². The van der Waals surface area contributed by atoms with Crippen molar-refractivity contribution in [1.82, 2.24) is 0 Å². The number of benzene rings is 1. The fraction of sp³-hybridized carbons (Fsp3) is 0.200. The minimum atomic E-state index is -0.983. The molecule has 1 aromatic rings. The standard InChI is InChI=1S/C10H11ClN2O3/c1-5(9(13)14)16-10(15)6-2-3-8(12)7(11)4-6/h2-5H,12H2,1H3,(H2,13,14). The number of rotatable bonds is 3. The number of esters is 1. The van der Waals surface area contributed by atoms with Crippen molar-refractivity contribution in [3.63, 3.8) is 0 Å². The van der Waals surface area contributed by atoms with Gasteiger partial charge in [-0.05, 0) is 25.1 Å². The molecule has 0 heterocycles. The number of nitrogens with two attached hydrogens (primary N) is 2. The van der Waals surface area contributed by atoms with E-state index < -0.39 is 18.0 Å². The van der Waals surface area contributed by atoms with Crippen molar-refractivity contribution in [3.8, 4) is 0 Å². The van der Waals surface area contributed by atoms with Crippen LogP contribution in [0.5, 0.6) is 0 Å². The Hall–Kier alpha value is -1.75. The van der Waals surface area contributed by atoms with Crippen molar-refractivity contribution in [2.24, 2.45) is 5.73 Å². The second kappa shape index (κ2) is 4.85. The maximum absolute atomic E-state index is 11.5. The third-order valence-corrected chi connectivity index (χ3v) is 2.25. The minimum absolute atomic E-state index is 0.215. The van der Waals surface area contributed by atoms with Gasteiger partial charge in [-0.15, -0.1) is 0 Å². The van der Waals surface area contributed by atoms with Crippen LogP contribution in [0.3, 0.4) is 0 Å². The molecule has 0 spiro atoms. The number of nitrogen functional groups attached to an aromatic ring is 1. The number of carbonyl (C=O) groups is 2. The second-order valence-corrected chi connectivity index (χ2v) is 3.59. The number of ether oxygens (including phenoxy) is 1. The average molecular weight is 243 g/mol. The van der Waals surface area contributed by atoms with E-state index in [4.69, 9.17) is 27.8 Å². The van der Waals surface area contributed by atoms with Gasteiger partial charge in [0.05, 0.1) is 16.3 Å². The molecule has 1 aromatic carbocycles. The van der Waals surface area contributed by atoms with Crippen LogP contribution >= 0.6 is 11.6 Å². The molecular weight excluding hydrogens is 232 g/mol. The topological polar surface area (TPSA) is 95.4 Å². The summed E-state index contributed by atoms with van der Waals surface area (Å²) >= 11 is 5.73. The van der Waals surface area contributed by atoms with Gasteiger partial charge in [-0.1, -0.05) is 11.6 Å². The largest absolute Gasteiger partial charge is 0.449 e. The summed E-state index contributed by atoms with van der Waals surface area (Å²) in [7, 11) is 0. The van der Waals surface area contributed by atoms with Gasteiger partial charge < -0.3 is 16.2 Å². The zero-order valence-corrected chi connectivity index (χ0v) is 9.32. The Morgan fingerprint density at radius 2 is 2.06 bits per heavy atom. The summed E-state index contributed by atoms with van der Waals surface area (Å²) in [5.41, 5.74) is 11.0. The predicted molar refractivity (Wildman–Crippen MR) is 59.9 cm³/mol. The molecule has 6 heteroatoms. The van der Waals surface area contributed by atoms with Gasteiger partial charge in [-0.25, -0.2) is 4.79 Å². The molecule has 0 aliphatic rings. The molecule has 1 unspecified atom stereocenters. The zero-order chi connectivity index (χ0) is 12.3. The number of carbonyl (C=O) groups excluding carboxylic acids is 2. The lowest BCUT2D eigenvalue weighted by molar-refractivity contribution is -0.125. The summed E-state index contributed by atoms with van der Waals surface area (Å²) in [5, 5.41) is 0.251. The summed E-state index contributed by atoms with van der Waals surface area (Å²) in [4.78, 5) is 22.2. The number of anilines is 1. The highest BCUT2D eigenvalue weighted by atomic mass is 35.5. The van der Waals surface area contributed by atoms with Crippen LogP contribution in [0.1, 0.15) is 17.3 Å². The molecule has 1 atom stereocenters. The Labute approximate surface area is 97.3 Å². The van der Waals surface area contributed by atoms with Crippen molar-refractivity contribution in [2.45, 2.75) is 13.0 Å². The fourth-order valence-corrected chi connectivity index (χ4v) is 1.12. The van der Waals surface area contributed by atoms with E-state index in [1.807, 2.05) is 0 Å². The van der Waals surface area contributed by atoms with Crippen LogP contribution in [-0.2, 0) is 9.53 Å². The number of hydrogen-bond acceptors (Lipinski definition) is 4. The van der Waals surface area contributed by atoms with Crippen LogP contribution < -0.4 is 11.5 Å². The van der Waals surface area contributed by atoms with Gasteiger partial charge >= 0.3 is 5.97 Å². The summed E-state index contributed by atoms with van der Waals surface area (Å²) in [6.45, 7) is 1.39. The van der Waals surface area contributed by atoms with Crippen LogP contribution in [0.2, 0.25) is 5.02 Å². The van der Waals surface area contributed by atoms with E-state index in [1.165, 1.54) is 25.1 Å². The van der Waals surface area contributed by atoms with Crippen LogP contribution in [-0.4, -0.2) is 18.0 Å². The molecule has 1 amide bonds. The number of hydrogen-bond donors (Lipinski definition) is 2. The first kappa shape index (κ1) is 12.3. The van der Waals surface area contributed by atoms with E-state index in [0.29, 0.717) is 5.69 Å². The van der Waals surface area contributed by atoms with E-state index in [2.05, 4.69) is 0 Å². The first-order valence-corrected chi connectivity index (χ1v) is 4.85. The molecule has 0 radical (unpaired) electrons. The Morgan fingerprint density at radius 1 is 1.44 bits per heavy atom. The van der Waals surface area contributed by atoms with E-state index in [0.717, 1.165) is 0 Å². The van der Waals surface area contributed by atoms with Crippen LogP contribution in [0.4, 0.5) is 5.69 Å². The monoisotopic (exact) mass is 242 g/mol. The number of amides is 1. The highest BCUT2D eigenvalue weighted by molar-refractivity contribution is 6.33. The molecule has 86 valence electrons. The first-order chi connectivity index (χ1) is 7.41. The smallest absolute Gasteiger partial charge is 0.338 e. The molecule has 5 nitrogen and oxygen atoms in total. The Morgan fingerprint density at radius 3 is 2.56 bits per heavy atom. The SMILES string of the molecule is CC(OC(=O)c1ccc(N)c(Cl)c1)C(N)=O. The molecular formula is C10H11ClN2O3. The number of primary amides is 1. The molecule has 0 aliphatic carbocycles. The molecule has 4 N–H and O–H groups in total. The summed E-state index contributed by atoms with van der Waals surface area (Å²) < 4.78 is 4.78. The molecule has 16 heavy (non-hydrogen) atoms. The Balaban J connectivity index is 2.81. The zero-order valence-electron chi connectivity index (χ0n) is 8.57. The van der Waals surface area contributed by atoms with Crippen LogP contribution in [0, 0.1) is 0 Å². The second-order valence-electron chi connectivity index (χ2n) is 3.19. The minimum Gasteiger partial charge on any atom is -0.449 e. The summed E-state index contributed by atoms with van der Waals surface area (Å²) in [6.07, 6.45) is -0.983. The van der Waals surface area contributed by atoms with E-state index in [1.54, 1.807) is 0 Å². The highest BCUT2D eigenvalue weighted by Crippen LogP contribution is 2.20. The van der Waals surface area contributed by atoms with Gasteiger partial charge in [-0.2, -0.15) is 0 Å². The first-order valence-electron chi connectivity index (χ1n) is 4.47. The van der Waals surface area contributed by atoms with Crippen LogP contribution in [0.25, 0.3) is 0 Å². The molecule has 0 aromatic heterocycles. The van der Waals surface area contributed by atoms with Gasteiger partial charge in [0.15, 0.2) is 6.10 Å². The van der Waals surface area contributed by atoms with Crippen molar-refractivity contribution in [2.75, 3.05) is 5.73 Å². The normalized spacial score (nSPS) is 11.9. The van der Waals surface area contributed by atoms with Crippen LogP contribution in [0.15, 0.2) is 18.2 Å². The van der Waals surface area contributed by atoms with E-state index >= 15 is 0 Å². The lowest BCUT2D eigenvalue weighted by Crippen LogP contribution is -2.30. The molecule has 0 aliphatic heterocycles. The van der Waals surface area contributed by atoms with Gasteiger partial charge in [0, 0.05) is 0 Å². The molecule has 0 saturated heterocycles. The molecule has 1 rings (SSSR count). The van der Waals surface area contributed by atoms with Gasteiger partial charge in [0.1, 0.15) is 0 Å². The lowest BCUT2D eigenvalue weighted by Gasteiger charge is -2.09. The highest BCUT2D eigenvalue weighted by Gasteiger charge is 2.16. The quantitative estimate of drug-likeness (QED) is 0.609. The maximum Gasteiger partial charge on any atom is 0.338 e. The lowest BCUT2D eigenvalue weighted by atomic mass is 10.2. The van der Waals surface area contributed by atoms with E-state index in [-0.39, 0.29) is 10.6 Å². The molecule has 0 fully saturated rings. The third kappa shape index (κ3) is 2.87. The number of halogens is 1. The van der Waals surface area contributed by atoms with Crippen molar-refractivity contribution < 1.29 is 14.3 Å². The Kier molecular flexibility index (Phi) is 3.73. The summed E-state index contributed by atoms with van der Waals surface area (Å²) in [5.74, 6) is -1.39. The predicted octanol–water partition coefficient (Wildman–Crippen LogP) is 0.953. The van der Waals surface area contributed by atoms with Crippen molar-refractivity contribution >= 4 is 29.2 Å².